The number of rotatable bonds is 8. The third-order valence-corrected chi connectivity index (χ3v) is 4.06. The van der Waals surface area contributed by atoms with Crippen LogP contribution in [-0.2, 0) is 4.79 Å². The predicted octanol–water partition coefficient (Wildman–Crippen LogP) is 2.53. The zero-order chi connectivity index (χ0) is 16.7. The number of fused-ring (bicyclic) bond motifs is 1. The van der Waals surface area contributed by atoms with Crippen LogP contribution in [0.4, 0.5) is 0 Å². The molecule has 2 rings (SSSR count). The van der Waals surface area contributed by atoms with Gasteiger partial charge in [0, 0.05) is 12.6 Å². The van der Waals surface area contributed by atoms with Crippen molar-refractivity contribution in [2.24, 2.45) is 10.8 Å². The maximum Gasteiger partial charge on any atom is 0.328 e. The van der Waals surface area contributed by atoms with Crippen LogP contribution >= 0.6 is 11.3 Å². The lowest BCUT2D eigenvalue weighted by Crippen LogP contribution is -2.22. The van der Waals surface area contributed by atoms with Crippen molar-refractivity contribution in [1.82, 2.24) is 4.98 Å². The standard InChI is InChI=1S/C15H17N5O2S/c16-20(17)10-4-6-12(15(21)22)18-9-3-8-14-19-11-5-1-2-7-13(11)23-14/h1-3,5,7-9,12H,4,6,10H2,(H3-,16,17,21,22)/p+1/b8-3+,18-9?/t12-/m0/s1. The number of hydrogen-bond acceptors (Lipinski definition) is 5. The van der Waals surface area contributed by atoms with E-state index in [4.69, 9.17) is 16.5 Å². The van der Waals surface area contributed by atoms with Crippen molar-refractivity contribution in [3.05, 3.63) is 35.3 Å². The molecule has 8 heteroatoms. The summed E-state index contributed by atoms with van der Waals surface area (Å²) in [5.74, 6) is 4.19. The molecule has 0 spiro atoms. The molecule has 0 aliphatic heterocycles. The molecule has 0 amide bonds. The largest absolute Gasteiger partial charge is 0.480 e. The summed E-state index contributed by atoms with van der Waals surface area (Å²) in [6.45, 7) is 0.306. The average Bonchev–Trinajstić information content (AvgIpc) is 2.91. The summed E-state index contributed by atoms with van der Waals surface area (Å²) in [5, 5.41) is 9.96. The van der Waals surface area contributed by atoms with E-state index in [0.29, 0.717) is 19.4 Å². The van der Waals surface area contributed by atoms with Crippen molar-refractivity contribution in [2.75, 3.05) is 6.54 Å². The molecule has 2 aromatic rings. The van der Waals surface area contributed by atoms with Crippen molar-refractivity contribution in [3.63, 3.8) is 0 Å². The smallest absolute Gasteiger partial charge is 0.328 e. The molecule has 4 N–H and O–H groups in total. The van der Waals surface area contributed by atoms with Crippen molar-refractivity contribution >= 4 is 39.8 Å². The van der Waals surface area contributed by atoms with E-state index in [-0.39, 0.29) is 0 Å². The summed E-state index contributed by atoms with van der Waals surface area (Å²) in [6.07, 6.45) is 5.81. The Kier molecular flexibility index (Phi) is 5.93. The molecule has 1 aromatic heterocycles. The molecule has 0 fully saturated rings. The maximum atomic E-state index is 11.1. The van der Waals surface area contributed by atoms with Gasteiger partial charge in [0.05, 0.1) is 10.2 Å². The Balaban J connectivity index is 1.94. The maximum absolute atomic E-state index is 11.1. The third-order valence-electron chi connectivity index (χ3n) is 3.06. The molecule has 23 heavy (non-hydrogen) atoms. The highest BCUT2D eigenvalue weighted by molar-refractivity contribution is 7.19. The fourth-order valence-electron chi connectivity index (χ4n) is 1.96. The van der Waals surface area contributed by atoms with Crippen LogP contribution in [0.3, 0.4) is 0 Å². The molecule has 1 heterocycles. The lowest BCUT2D eigenvalue weighted by Gasteiger charge is -2.04. The normalized spacial score (nSPS) is 13.0. The first-order chi connectivity index (χ1) is 11.1. The van der Waals surface area contributed by atoms with Crippen LogP contribution in [0.15, 0.2) is 35.3 Å². The number of thiazole rings is 1. The van der Waals surface area contributed by atoms with Crippen LogP contribution in [0.2, 0.25) is 0 Å². The van der Waals surface area contributed by atoms with E-state index in [1.165, 1.54) is 6.21 Å². The van der Waals surface area contributed by atoms with E-state index in [2.05, 4.69) is 9.98 Å². The SMILES string of the molecule is N=[N+](N)CCC[C@H](N=C/C=C/c1nc2ccccc2s1)C(=O)O. The van der Waals surface area contributed by atoms with Gasteiger partial charge >= 0.3 is 5.97 Å². The van der Waals surface area contributed by atoms with Crippen LogP contribution in [0.1, 0.15) is 17.8 Å². The Labute approximate surface area is 137 Å². The Morgan fingerprint density at radius 3 is 3.00 bits per heavy atom. The van der Waals surface area contributed by atoms with Gasteiger partial charge in [-0.25, -0.2) is 9.78 Å². The Bertz CT molecular complexity index is 720. The first-order valence-electron chi connectivity index (χ1n) is 7.08. The van der Waals surface area contributed by atoms with Crippen LogP contribution in [0.5, 0.6) is 0 Å². The number of hydrazine groups is 1. The number of allylic oxidation sites excluding steroid dienone is 1. The van der Waals surface area contributed by atoms with Crippen LogP contribution in [0.25, 0.3) is 16.3 Å². The number of carboxylic acids is 1. The van der Waals surface area contributed by atoms with Gasteiger partial charge in [0.25, 0.3) is 0 Å². The molecule has 0 aliphatic rings. The van der Waals surface area contributed by atoms with E-state index in [1.807, 2.05) is 24.3 Å². The van der Waals surface area contributed by atoms with Crippen LogP contribution in [0, 0.1) is 5.53 Å². The topological polar surface area (TPSA) is 115 Å². The molecule has 0 saturated heterocycles. The molecule has 120 valence electrons. The van der Waals surface area contributed by atoms with Gasteiger partial charge in [0.2, 0.25) is 0 Å². The first-order valence-corrected chi connectivity index (χ1v) is 7.89. The van der Waals surface area contributed by atoms with E-state index in [0.717, 1.165) is 20.0 Å². The van der Waals surface area contributed by atoms with Gasteiger partial charge in [0.15, 0.2) is 6.54 Å². The minimum Gasteiger partial charge on any atom is -0.480 e. The summed E-state index contributed by atoms with van der Waals surface area (Å²) >= 11 is 1.56. The van der Waals surface area contributed by atoms with Gasteiger partial charge in [-0.1, -0.05) is 12.1 Å². The summed E-state index contributed by atoms with van der Waals surface area (Å²) in [6, 6.07) is 7.03. The lowest BCUT2D eigenvalue weighted by molar-refractivity contribution is -0.626. The molecular formula is C15H18N5O2S+. The monoisotopic (exact) mass is 332 g/mol. The minimum atomic E-state index is -0.983. The second-order valence-electron chi connectivity index (χ2n) is 4.87. The van der Waals surface area contributed by atoms with Gasteiger partial charge in [-0.05, 0) is 41.0 Å². The number of nitrogens with zero attached hydrogens (tertiary/aromatic N) is 3. The Hall–Kier alpha value is -2.61. The van der Waals surface area contributed by atoms with E-state index >= 15 is 0 Å². The number of hydrogen-bond donors (Lipinski definition) is 3. The number of benzene rings is 1. The number of carbonyl (C=O) groups is 1. The zero-order valence-electron chi connectivity index (χ0n) is 12.4. The summed E-state index contributed by atoms with van der Waals surface area (Å²) in [5.41, 5.74) is 7.99. The average molecular weight is 332 g/mol. The third kappa shape index (κ3) is 5.26. The molecule has 0 saturated carbocycles. The van der Waals surface area contributed by atoms with Crippen molar-refractivity contribution in [1.29, 1.82) is 5.53 Å². The molecule has 0 radical (unpaired) electrons. The minimum absolute atomic E-state index is 0.306. The fourth-order valence-corrected chi connectivity index (χ4v) is 2.84. The highest BCUT2D eigenvalue weighted by Crippen LogP contribution is 2.22. The number of nitrogens with one attached hydrogen (secondary N) is 1. The number of aliphatic imine (C=N–C) groups is 1. The quantitative estimate of drug-likeness (QED) is 0.226. The molecule has 0 aliphatic carbocycles. The van der Waals surface area contributed by atoms with Crippen molar-refractivity contribution in [2.45, 2.75) is 18.9 Å². The van der Waals surface area contributed by atoms with E-state index in [1.54, 1.807) is 23.5 Å². The molecule has 7 nitrogen and oxygen atoms in total. The van der Waals surface area contributed by atoms with Gasteiger partial charge in [-0.15, -0.1) is 11.3 Å². The highest BCUT2D eigenvalue weighted by atomic mass is 32.1. The van der Waals surface area contributed by atoms with Crippen LogP contribution < -0.4 is 5.84 Å². The number of para-hydroxylation sites is 1. The lowest BCUT2D eigenvalue weighted by atomic mass is 10.1. The fraction of sp³-hybridized carbons (Fsp3) is 0.267. The van der Waals surface area contributed by atoms with Gasteiger partial charge in [0.1, 0.15) is 11.0 Å². The van der Waals surface area contributed by atoms with Crippen molar-refractivity contribution in [3.8, 4) is 0 Å². The van der Waals surface area contributed by atoms with E-state index in [9.17, 15) is 4.79 Å². The number of carboxylic acid groups (broad SMARTS) is 1. The Morgan fingerprint density at radius 2 is 2.30 bits per heavy atom. The summed E-state index contributed by atoms with van der Waals surface area (Å²) < 4.78 is 1.11. The predicted molar refractivity (Wildman–Crippen MR) is 89.8 cm³/mol. The van der Waals surface area contributed by atoms with Crippen LogP contribution in [-0.4, -0.2) is 39.7 Å². The van der Waals surface area contributed by atoms with E-state index < -0.39 is 12.0 Å². The first kappa shape index (κ1) is 16.8. The summed E-state index contributed by atoms with van der Waals surface area (Å²) in [7, 11) is 0. The van der Waals surface area contributed by atoms with Gasteiger partial charge in [-0.2, -0.15) is 5.84 Å². The molecular weight excluding hydrogens is 314 g/mol. The number of nitrogens with two attached hydrogens (primary N) is 1. The highest BCUT2D eigenvalue weighted by Gasteiger charge is 2.15. The number of aliphatic carboxylic acids is 1. The molecule has 0 bridgehead atoms. The second kappa shape index (κ2) is 8.14. The summed E-state index contributed by atoms with van der Waals surface area (Å²) in [4.78, 5) is 20.4. The zero-order valence-corrected chi connectivity index (χ0v) is 13.2. The van der Waals surface area contributed by atoms with Crippen molar-refractivity contribution < 1.29 is 14.7 Å². The molecule has 1 atom stereocenters. The van der Waals surface area contributed by atoms with Gasteiger partial charge < -0.3 is 5.11 Å². The molecule has 1 aromatic carbocycles. The number of aromatic nitrogens is 1. The Morgan fingerprint density at radius 1 is 1.52 bits per heavy atom. The van der Waals surface area contributed by atoms with Gasteiger partial charge in [-0.3, -0.25) is 4.99 Å². The second-order valence-corrected chi connectivity index (χ2v) is 5.93. The molecule has 0 unspecified atom stereocenters.